The van der Waals surface area contributed by atoms with Crippen LogP contribution < -0.4 is 4.90 Å². The highest BCUT2D eigenvalue weighted by molar-refractivity contribution is 5.85. The first kappa shape index (κ1) is 13.9. The normalized spacial score (nSPS) is 20.4. The lowest BCUT2D eigenvalue weighted by molar-refractivity contribution is -0.137. The number of piperidine rings is 1. The summed E-state index contributed by atoms with van der Waals surface area (Å²) in [4.78, 5) is 13.5. The van der Waals surface area contributed by atoms with Crippen molar-refractivity contribution < 1.29 is 18.0 Å². The molecule has 0 bridgehead atoms. The van der Waals surface area contributed by atoms with Crippen LogP contribution in [-0.2, 0) is 11.0 Å². The molecule has 1 heterocycles. The monoisotopic (exact) mass is 271 g/mol. The summed E-state index contributed by atoms with van der Waals surface area (Å²) in [7, 11) is 0. The molecule has 0 saturated carbocycles. The van der Waals surface area contributed by atoms with E-state index in [1.807, 2.05) is 4.90 Å². The molecular weight excluding hydrogens is 255 g/mol. The molecule has 1 aliphatic rings. The number of anilines is 1. The molecule has 0 radical (unpaired) electrons. The van der Waals surface area contributed by atoms with Gasteiger partial charge in [-0.25, -0.2) is 0 Å². The van der Waals surface area contributed by atoms with E-state index in [4.69, 9.17) is 0 Å². The van der Waals surface area contributed by atoms with Crippen LogP contribution in [0.15, 0.2) is 24.3 Å². The molecule has 0 amide bonds. The van der Waals surface area contributed by atoms with E-state index >= 15 is 0 Å². The Kier molecular flexibility index (Phi) is 3.83. The quantitative estimate of drug-likeness (QED) is 0.818. The maximum absolute atomic E-state index is 12.5. The zero-order valence-electron chi connectivity index (χ0n) is 10.7. The second kappa shape index (κ2) is 5.23. The summed E-state index contributed by atoms with van der Waals surface area (Å²) in [6.07, 6.45) is -1.59. The second-order valence-electron chi connectivity index (χ2n) is 4.86. The smallest absolute Gasteiger partial charge is 0.362 e. The molecule has 0 N–H and O–H groups in total. The summed E-state index contributed by atoms with van der Waals surface area (Å²) in [5, 5.41) is 0. The topological polar surface area (TPSA) is 20.3 Å². The first-order valence-corrected chi connectivity index (χ1v) is 6.34. The third-order valence-corrected chi connectivity index (χ3v) is 3.50. The minimum atomic E-state index is -4.32. The van der Waals surface area contributed by atoms with Crippen LogP contribution in [0.5, 0.6) is 0 Å². The van der Waals surface area contributed by atoms with Crippen LogP contribution in [0.4, 0.5) is 18.9 Å². The number of hydrogen-bond donors (Lipinski definition) is 0. The number of rotatable bonds is 2. The molecule has 1 atom stereocenters. The largest absolute Gasteiger partial charge is 0.416 e. The van der Waals surface area contributed by atoms with Gasteiger partial charge in [-0.2, -0.15) is 13.2 Å². The van der Waals surface area contributed by atoms with Gasteiger partial charge in [0.2, 0.25) is 0 Å². The molecule has 104 valence electrons. The van der Waals surface area contributed by atoms with Gasteiger partial charge in [-0.15, -0.1) is 0 Å². The molecule has 2 nitrogen and oxygen atoms in total. The maximum Gasteiger partial charge on any atom is 0.416 e. The Labute approximate surface area is 110 Å². The van der Waals surface area contributed by atoms with Crippen molar-refractivity contribution in [1.29, 1.82) is 0 Å². The van der Waals surface area contributed by atoms with Crippen molar-refractivity contribution in [3.8, 4) is 0 Å². The average Bonchev–Trinajstić information content (AvgIpc) is 2.38. The number of ketones is 1. The van der Waals surface area contributed by atoms with E-state index in [0.29, 0.717) is 5.69 Å². The number of carbonyl (C=O) groups excluding carboxylic acids is 1. The number of nitrogens with zero attached hydrogens (tertiary/aromatic N) is 1. The first-order chi connectivity index (χ1) is 8.89. The Hall–Kier alpha value is -1.52. The summed E-state index contributed by atoms with van der Waals surface area (Å²) >= 11 is 0. The molecular formula is C14H16F3NO. The molecule has 1 aliphatic heterocycles. The van der Waals surface area contributed by atoms with Crippen molar-refractivity contribution in [3.05, 3.63) is 29.8 Å². The molecule has 2 rings (SSSR count). The Morgan fingerprint density at radius 3 is 2.37 bits per heavy atom. The first-order valence-electron chi connectivity index (χ1n) is 6.34. The molecule has 1 unspecified atom stereocenters. The summed E-state index contributed by atoms with van der Waals surface area (Å²) in [6, 6.07) is 4.83. The number of benzene rings is 1. The van der Waals surface area contributed by atoms with Gasteiger partial charge in [-0.3, -0.25) is 4.79 Å². The van der Waals surface area contributed by atoms with Crippen molar-refractivity contribution in [1.82, 2.24) is 0 Å². The fraction of sp³-hybridized carbons (Fsp3) is 0.500. The van der Waals surface area contributed by atoms with Crippen LogP contribution in [0.3, 0.4) is 0 Å². The summed E-state index contributed by atoms with van der Waals surface area (Å²) in [6.45, 7) is 2.25. The maximum atomic E-state index is 12.5. The van der Waals surface area contributed by atoms with Gasteiger partial charge >= 0.3 is 6.18 Å². The zero-order chi connectivity index (χ0) is 14.0. The van der Waals surface area contributed by atoms with E-state index in [2.05, 4.69) is 0 Å². The average molecular weight is 271 g/mol. The predicted octanol–water partition coefficient (Wildman–Crippen LogP) is 3.65. The van der Waals surface area contributed by atoms with Gasteiger partial charge in [0.1, 0.15) is 0 Å². The highest BCUT2D eigenvalue weighted by Crippen LogP contribution is 2.32. The minimum Gasteiger partial charge on any atom is -0.362 e. The molecule has 19 heavy (non-hydrogen) atoms. The third-order valence-electron chi connectivity index (χ3n) is 3.50. The lowest BCUT2D eigenvalue weighted by atomic mass is 9.98. The Balaban J connectivity index is 2.23. The Bertz CT molecular complexity index is 453. The lowest BCUT2D eigenvalue weighted by Gasteiger charge is -2.36. The van der Waals surface area contributed by atoms with Gasteiger partial charge in [0.05, 0.1) is 11.6 Å². The molecule has 1 saturated heterocycles. The summed E-state index contributed by atoms with van der Waals surface area (Å²) in [5.74, 6) is 0.0691. The highest BCUT2D eigenvalue weighted by Gasteiger charge is 2.31. The molecule has 1 fully saturated rings. The third kappa shape index (κ3) is 3.08. The van der Waals surface area contributed by atoms with E-state index in [0.717, 1.165) is 37.9 Å². The zero-order valence-corrected chi connectivity index (χ0v) is 10.7. The van der Waals surface area contributed by atoms with E-state index in [-0.39, 0.29) is 11.8 Å². The van der Waals surface area contributed by atoms with Crippen LogP contribution in [-0.4, -0.2) is 18.4 Å². The molecule has 1 aromatic carbocycles. The van der Waals surface area contributed by atoms with E-state index < -0.39 is 11.7 Å². The van der Waals surface area contributed by atoms with Gasteiger partial charge in [-0.05, 0) is 50.5 Å². The van der Waals surface area contributed by atoms with Crippen LogP contribution in [0.25, 0.3) is 0 Å². The van der Waals surface area contributed by atoms with E-state index in [1.165, 1.54) is 19.1 Å². The van der Waals surface area contributed by atoms with Crippen LogP contribution in [0.1, 0.15) is 31.7 Å². The summed E-state index contributed by atoms with van der Waals surface area (Å²) in [5.41, 5.74) is 0.0283. The van der Waals surface area contributed by atoms with E-state index in [9.17, 15) is 18.0 Å². The SMILES string of the molecule is CC(=O)C1CCCCN1c1ccc(C(F)(F)F)cc1. The van der Waals surface area contributed by atoms with Gasteiger partial charge in [-0.1, -0.05) is 0 Å². The summed E-state index contributed by atoms with van der Waals surface area (Å²) < 4.78 is 37.5. The van der Waals surface area contributed by atoms with Gasteiger partial charge < -0.3 is 4.90 Å². The fourth-order valence-corrected chi connectivity index (χ4v) is 2.51. The van der Waals surface area contributed by atoms with Crippen molar-refractivity contribution in [2.45, 2.75) is 38.4 Å². The van der Waals surface area contributed by atoms with Crippen molar-refractivity contribution in [3.63, 3.8) is 0 Å². The number of carbonyl (C=O) groups is 1. The molecule has 1 aromatic rings. The van der Waals surface area contributed by atoms with Crippen LogP contribution in [0.2, 0.25) is 0 Å². The number of alkyl halides is 3. The van der Waals surface area contributed by atoms with Crippen LogP contribution in [0, 0.1) is 0 Å². The van der Waals surface area contributed by atoms with Crippen molar-refractivity contribution in [2.24, 2.45) is 0 Å². The van der Waals surface area contributed by atoms with Gasteiger partial charge in [0.25, 0.3) is 0 Å². The predicted molar refractivity (Wildman–Crippen MR) is 67.1 cm³/mol. The molecule has 5 heteroatoms. The highest BCUT2D eigenvalue weighted by atomic mass is 19.4. The standard InChI is InChI=1S/C14H16F3NO/c1-10(19)13-4-2-3-9-18(13)12-7-5-11(6-8-12)14(15,16)17/h5-8,13H,2-4,9H2,1H3. The van der Waals surface area contributed by atoms with Gasteiger partial charge in [0, 0.05) is 12.2 Å². The number of Topliss-reactive ketones (excluding diaryl/α,β-unsaturated/α-hetero) is 1. The number of halogens is 3. The number of hydrogen-bond acceptors (Lipinski definition) is 2. The molecule has 0 spiro atoms. The fourth-order valence-electron chi connectivity index (χ4n) is 2.51. The second-order valence-corrected chi connectivity index (χ2v) is 4.86. The molecule has 0 aromatic heterocycles. The van der Waals surface area contributed by atoms with Gasteiger partial charge in [0.15, 0.2) is 5.78 Å². The van der Waals surface area contributed by atoms with Crippen molar-refractivity contribution in [2.75, 3.05) is 11.4 Å². The van der Waals surface area contributed by atoms with E-state index in [1.54, 1.807) is 0 Å². The van der Waals surface area contributed by atoms with Crippen molar-refractivity contribution >= 4 is 11.5 Å². The Morgan fingerprint density at radius 1 is 1.21 bits per heavy atom. The molecule has 0 aliphatic carbocycles. The minimum absolute atomic E-state index is 0.0691. The lowest BCUT2D eigenvalue weighted by Crippen LogP contribution is -2.43. The van der Waals surface area contributed by atoms with Crippen LogP contribution >= 0.6 is 0 Å². The Morgan fingerprint density at radius 2 is 1.84 bits per heavy atom.